The van der Waals surface area contributed by atoms with E-state index in [9.17, 15) is 4.79 Å². The number of rotatable bonds is 6. The molecule has 0 aromatic carbocycles. The molecule has 120 valence electrons. The Bertz CT molecular complexity index is 587. The van der Waals surface area contributed by atoms with Gasteiger partial charge in [0.25, 0.3) is 0 Å². The normalized spacial score (nSPS) is 17.0. The molecule has 0 bridgehead atoms. The van der Waals surface area contributed by atoms with Crippen LogP contribution in [-0.2, 0) is 9.53 Å². The molecule has 0 radical (unpaired) electrons. The van der Waals surface area contributed by atoms with Crippen molar-refractivity contribution in [1.82, 2.24) is 0 Å². The Hall–Kier alpha value is -1.54. The Morgan fingerprint density at radius 1 is 1.36 bits per heavy atom. The van der Waals surface area contributed by atoms with Crippen LogP contribution >= 0.6 is 11.6 Å². The van der Waals surface area contributed by atoms with Crippen molar-refractivity contribution in [3.8, 4) is 0 Å². The van der Waals surface area contributed by atoms with Crippen molar-refractivity contribution in [3.05, 3.63) is 57.6 Å². The summed E-state index contributed by atoms with van der Waals surface area (Å²) >= 11 is 6.30. The molecule has 0 saturated carbocycles. The summed E-state index contributed by atoms with van der Waals surface area (Å²) in [7, 11) is 0. The highest BCUT2D eigenvalue weighted by molar-refractivity contribution is 6.31. The maximum atomic E-state index is 12.1. The van der Waals surface area contributed by atoms with Crippen LogP contribution in [0, 0.1) is 0 Å². The first-order chi connectivity index (χ1) is 10.4. The summed E-state index contributed by atoms with van der Waals surface area (Å²) < 4.78 is 6.08. The molecular weight excluding hydrogens is 296 g/mol. The smallest absolute Gasteiger partial charge is 0.163 e. The van der Waals surface area contributed by atoms with Crippen LogP contribution in [0.5, 0.6) is 0 Å². The van der Waals surface area contributed by atoms with Crippen LogP contribution < -0.4 is 0 Å². The number of carbonyl (C=O) groups excluding carboxylic acids is 1. The first-order valence-corrected chi connectivity index (χ1v) is 8.10. The van der Waals surface area contributed by atoms with Crippen molar-refractivity contribution in [1.29, 1.82) is 0 Å². The standard InChI is InChI=1S/C19H25ClO2/c1-6-9-17(19(15(5)21)14(4)7-2)22-18-12-13(3)10-8-11-16(18)20/h8-11H,6-7,12H2,1-5H3/b17-9+,19-14+. The minimum absolute atomic E-state index is 0.0206. The molecule has 0 aromatic rings. The van der Waals surface area contributed by atoms with Gasteiger partial charge >= 0.3 is 0 Å². The van der Waals surface area contributed by atoms with Crippen molar-refractivity contribution in [2.75, 3.05) is 0 Å². The van der Waals surface area contributed by atoms with Gasteiger partial charge in [0.15, 0.2) is 5.78 Å². The van der Waals surface area contributed by atoms with Gasteiger partial charge in [0.1, 0.15) is 11.5 Å². The van der Waals surface area contributed by atoms with E-state index in [4.69, 9.17) is 16.3 Å². The molecule has 0 fully saturated rings. The van der Waals surface area contributed by atoms with Gasteiger partial charge in [-0.1, -0.05) is 48.7 Å². The lowest BCUT2D eigenvalue weighted by atomic mass is 10.0. The summed E-state index contributed by atoms with van der Waals surface area (Å²) in [6, 6.07) is 0. The molecule has 0 N–H and O–H groups in total. The summed E-state index contributed by atoms with van der Waals surface area (Å²) in [4.78, 5) is 12.1. The monoisotopic (exact) mass is 320 g/mol. The Balaban J connectivity index is 3.24. The molecule has 0 heterocycles. The van der Waals surface area contributed by atoms with Gasteiger partial charge in [0, 0.05) is 6.42 Å². The second-order valence-electron chi connectivity index (χ2n) is 5.46. The fourth-order valence-corrected chi connectivity index (χ4v) is 2.42. The highest BCUT2D eigenvalue weighted by atomic mass is 35.5. The van der Waals surface area contributed by atoms with Crippen LogP contribution in [-0.4, -0.2) is 5.78 Å². The molecule has 0 spiro atoms. The Morgan fingerprint density at radius 2 is 2.05 bits per heavy atom. The minimum atomic E-state index is 0.0206. The lowest BCUT2D eigenvalue weighted by Gasteiger charge is -2.17. The van der Waals surface area contributed by atoms with Gasteiger partial charge in [-0.05, 0) is 45.8 Å². The van der Waals surface area contributed by atoms with E-state index in [0.29, 0.717) is 28.5 Å². The van der Waals surface area contributed by atoms with Gasteiger partial charge in [-0.3, -0.25) is 4.79 Å². The lowest BCUT2D eigenvalue weighted by Crippen LogP contribution is -2.08. The fraction of sp³-hybridized carbons (Fsp3) is 0.421. The molecule has 1 aliphatic carbocycles. The molecule has 0 aliphatic heterocycles. The van der Waals surface area contributed by atoms with Crippen LogP contribution in [0.3, 0.4) is 0 Å². The second kappa shape index (κ2) is 8.79. The first-order valence-electron chi connectivity index (χ1n) is 7.72. The highest BCUT2D eigenvalue weighted by Gasteiger charge is 2.18. The predicted octanol–water partition coefficient (Wildman–Crippen LogP) is 5.97. The fourth-order valence-electron chi connectivity index (χ4n) is 2.25. The molecule has 3 heteroatoms. The topological polar surface area (TPSA) is 26.3 Å². The summed E-state index contributed by atoms with van der Waals surface area (Å²) in [5.74, 6) is 1.32. The van der Waals surface area contributed by atoms with E-state index in [-0.39, 0.29) is 5.78 Å². The number of ether oxygens (including phenoxy) is 1. The minimum Gasteiger partial charge on any atom is -0.459 e. The van der Waals surface area contributed by atoms with E-state index < -0.39 is 0 Å². The van der Waals surface area contributed by atoms with Crippen molar-refractivity contribution >= 4 is 17.4 Å². The molecule has 1 aliphatic rings. The third-order valence-electron chi connectivity index (χ3n) is 3.51. The zero-order valence-corrected chi connectivity index (χ0v) is 14.9. The zero-order chi connectivity index (χ0) is 16.7. The van der Waals surface area contributed by atoms with E-state index in [1.165, 1.54) is 5.57 Å². The van der Waals surface area contributed by atoms with Crippen molar-refractivity contribution in [2.45, 2.75) is 53.9 Å². The van der Waals surface area contributed by atoms with Gasteiger partial charge in [-0.2, -0.15) is 0 Å². The Labute approximate surface area is 138 Å². The Kier molecular flexibility index (Phi) is 7.40. The van der Waals surface area contributed by atoms with E-state index >= 15 is 0 Å². The molecule has 0 atom stereocenters. The first kappa shape index (κ1) is 18.5. The van der Waals surface area contributed by atoms with Crippen LogP contribution in [0.2, 0.25) is 0 Å². The average Bonchev–Trinajstić information content (AvgIpc) is 2.60. The molecular formula is C19H25ClO2. The van der Waals surface area contributed by atoms with Gasteiger partial charge in [-0.15, -0.1) is 0 Å². The molecule has 0 aromatic heterocycles. The molecule has 0 saturated heterocycles. The van der Waals surface area contributed by atoms with Gasteiger partial charge in [0.2, 0.25) is 0 Å². The van der Waals surface area contributed by atoms with Gasteiger partial charge < -0.3 is 4.74 Å². The van der Waals surface area contributed by atoms with E-state index in [0.717, 1.165) is 18.4 Å². The predicted molar refractivity (Wildman–Crippen MR) is 93.5 cm³/mol. The van der Waals surface area contributed by atoms with Crippen LogP contribution in [0.15, 0.2) is 57.6 Å². The maximum absolute atomic E-state index is 12.1. The number of Topliss-reactive ketones (excluding diaryl/α,β-unsaturated/α-hetero) is 1. The van der Waals surface area contributed by atoms with Crippen LogP contribution in [0.4, 0.5) is 0 Å². The van der Waals surface area contributed by atoms with E-state index in [1.807, 2.05) is 52.0 Å². The SMILES string of the molecule is CC/C=C(OC1=C(Cl)C=CC=C(C)C1)\C(C(C)=O)=C(/C)CC. The van der Waals surface area contributed by atoms with Crippen LogP contribution in [0.1, 0.15) is 53.9 Å². The zero-order valence-electron chi connectivity index (χ0n) is 14.1. The molecule has 22 heavy (non-hydrogen) atoms. The molecule has 2 nitrogen and oxygen atoms in total. The van der Waals surface area contributed by atoms with Crippen molar-refractivity contribution in [3.63, 3.8) is 0 Å². The summed E-state index contributed by atoms with van der Waals surface area (Å²) in [6.07, 6.45) is 9.94. The summed E-state index contributed by atoms with van der Waals surface area (Å²) in [5.41, 5.74) is 2.86. The third-order valence-corrected chi connectivity index (χ3v) is 3.84. The number of carbonyl (C=O) groups is 1. The number of allylic oxidation sites excluding steroid dienone is 8. The van der Waals surface area contributed by atoms with Crippen LogP contribution in [0.25, 0.3) is 0 Å². The third kappa shape index (κ3) is 5.03. The highest BCUT2D eigenvalue weighted by Crippen LogP contribution is 2.29. The quantitative estimate of drug-likeness (QED) is 0.342. The summed E-state index contributed by atoms with van der Waals surface area (Å²) in [5, 5.41) is 0.576. The second-order valence-corrected chi connectivity index (χ2v) is 5.87. The molecule has 0 amide bonds. The van der Waals surface area contributed by atoms with Gasteiger partial charge in [0.05, 0.1) is 10.6 Å². The number of ketones is 1. The largest absolute Gasteiger partial charge is 0.459 e. The Morgan fingerprint density at radius 3 is 2.59 bits per heavy atom. The van der Waals surface area contributed by atoms with E-state index in [2.05, 4.69) is 0 Å². The lowest BCUT2D eigenvalue weighted by molar-refractivity contribution is -0.113. The number of hydrogen-bond acceptors (Lipinski definition) is 2. The summed E-state index contributed by atoms with van der Waals surface area (Å²) in [6.45, 7) is 9.64. The number of hydrogen-bond donors (Lipinski definition) is 0. The molecule has 0 unspecified atom stereocenters. The number of halogens is 1. The average molecular weight is 321 g/mol. The van der Waals surface area contributed by atoms with Crippen molar-refractivity contribution in [2.24, 2.45) is 0 Å². The van der Waals surface area contributed by atoms with Crippen molar-refractivity contribution < 1.29 is 9.53 Å². The molecule has 1 rings (SSSR count). The van der Waals surface area contributed by atoms with E-state index in [1.54, 1.807) is 6.92 Å². The maximum Gasteiger partial charge on any atom is 0.163 e. The van der Waals surface area contributed by atoms with Gasteiger partial charge in [-0.25, -0.2) is 0 Å².